The van der Waals surface area contributed by atoms with Crippen molar-refractivity contribution in [3.05, 3.63) is 11.1 Å². The summed E-state index contributed by atoms with van der Waals surface area (Å²) in [5.41, 5.74) is 0. The average Bonchev–Trinajstić information content (AvgIpc) is 2.78. The van der Waals surface area contributed by atoms with E-state index in [9.17, 15) is 0 Å². The van der Waals surface area contributed by atoms with E-state index in [-0.39, 0.29) is 0 Å². The average molecular weight is 270 g/mol. The van der Waals surface area contributed by atoms with Crippen molar-refractivity contribution >= 4 is 16.5 Å². The summed E-state index contributed by atoms with van der Waals surface area (Å²) in [7, 11) is 6.34. The first-order valence-electron chi connectivity index (χ1n) is 6.59. The number of anilines is 1. The van der Waals surface area contributed by atoms with Gasteiger partial charge in [0.1, 0.15) is 0 Å². The van der Waals surface area contributed by atoms with E-state index in [0.29, 0.717) is 6.04 Å². The molecule has 104 valence electrons. The van der Waals surface area contributed by atoms with Gasteiger partial charge in [0.05, 0.1) is 0 Å². The number of rotatable bonds is 8. The van der Waals surface area contributed by atoms with E-state index in [0.717, 1.165) is 24.8 Å². The largest absolute Gasteiger partial charge is 0.351 e. The van der Waals surface area contributed by atoms with Crippen LogP contribution in [0.2, 0.25) is 0 Å². The van der Waals surface area contributed by atoms with E-state index in [1.54, 1.807) is 11.3 Å². The Morgan fingerprint density at radius 3 is 2.67 bits per heavy atom. The molecule has 1 N–H and O–H groups in total. The highest BCUT2D eigenvalue weighted by Gasteiger charge is 2.11. The van der Waals surface area contributed by atoms with Crippen LogP contribution in [0.4, 0.5) is 5.13 Å². The van der Waals surface area contributed by atoms with Gasteiger partial charge in [-0.05, 0) is 40.5 Å². The predicted molar refractivity (Wildman–Crippen MR) is 80.6 cm³/mol. The number of aromatic nitrogens is 1. The second kappa shape index (κ2) is 7.71. The van der Waals surface area contributed by atoms with E-state index in [4.69, 9.17) is 0 Å². The van der Waals surface area contributed by atoms with E-state index in [1.807, 2.05) is 6.20 Å². The van der Waals surface area contributed by atoms with Gasteiger partial charge in [0, 0.05) is 30.7 Å². The summed E-state index contributed by atoms with van der Waals surface area (Å²) in [4.78, 5) is 10.3. The molecule has 0 aliphatic carbocycles. The molecular weight excluding hydrogens is 244 g/mol. The molecule has 0 aromatic carbocycles. The lowest BCUT2D eigenvalue weighted by Gasteiger charge is -2.17. The minimum absolute atomic E-state index is 0.399. The maximum atomic E-state index is 4.51. The molecule has 0 aliphatic heterocycles. The lowest BCUT2D eigenvalue weighted by molar-refractivity contribution is 0.401. The molecule has 5 heteroatoms. The maximum absolute atomic E-state index is 4.51. The van der Waals surface area contributed by atoms with Gasteiger partial charge in [-0.3, -0.25) is 0 Å². The summed E-state index contributed by atoms with van der Waals surface area (Å²) in [6, 6.07) is 0.399. The molecule has 0 bridgehead atoms. The highest BCUT2D eigenvalue weighted by molar-refractivity contribution is 7.15. The third kappa shape index (κ3) is 4.92. The Morgan fingerprint density at radius 1 is 1.33 bits per heavy atom. The first kappa shape index (κ1) is 15.4. The second-order valence-electron chi connectivity index (χ2n) is 4.90. The summed E-state index contributed by atoms with van der Waals surface area (Å²) < 4.78 is 0. The first-order chi connectivity index (χ1) is 8.54. The van der Waals surface area contributed by atoms with Gasteiger partial charge in [0.15, 0.2) is 5.13 Å². The Kier molecular flexibility index (Phi) is 6.60. The van der Waals surface area contributed by atoms with Gasteiger partial charge in [-0.2, -0.15) is 0 Å². The lowest BCUT2D eigenvalue weighted by atomic mass is 10.3. The summed E-state index contributed by atoms with van der Waals surface area (Å²) in [5, 5.41) is 4.54. The van der Waals surface area contributed by atoms with Crippen molar-refractivity contribution < 1.29 is 0 Å². The Hall–Kier alpha value is -0.650. The zero-order chi connectivity index (χ0) is 13.5. The fourth-order valence-corrected chi connectivity index (χ4v) is 2.71. The van der Waals surface area contributed by atoms with Crippen molar-refractivity contribution in [3.63, 3.8) is 0 Å². The molecule has 1 rings (SSSR count). The Balaban J connectivity index is 2.46. The van der Waals surface area contributed by atoms with Crippen molar-refractivity contribution in [1.82, 2.24) is 15.2 Å². The van der Waals surface area contributed by atoms with Gasteiger partial charge in [0.25, 0.3) is 0 Å². The molecular formula is C13H26N4S. The monoisotopic (exact) mass is 270 g/mol. The third-order valence-electron chi connectivity index (χ3n) is 2.87. The van der Waals surface area contributed by atoms with E-state index < -0.39 is 0 Å². The fraction of sp³-hybridized carbons (Fsp3) is 0.769. The van der Waals surface area contributed by atoms with Gasteiger partial charge in [-0.25, -0.2) is 4.98 Å². The van der Waals surface area contributed by atoms with Crippen LogP contribution in [0.15, 0.2) is 6.20 Å². The van der Waals surface area contributed by atoms with Crippen molar-refractivity contribution in [3.8, 4) is 0 Å². The molecule has 0 aliphatic rings. The first-order valence-corrected chi connectivity index (χ1v) is 7.41. The Morgan fingerprint density at radius 2 is 2.06 bits per heavy atom. The molecule has 0 saturated heterocycles. The van der Waals surface area contributed by atoms with Gasteiger partial charge in [-0.15, -0.1) is 11.3 Å². The smallest absolute Gasteiger partial charge is 0.185 e. The van der Waals surface area contributed by atoms with Crippen LogP contribution >= 0.6 is 11.3 Å². The molecule has 0 spiro atoms. The standard InChI is InChI=1S/C13H26N4S/c1-6-14-11(2)12-10-15-13(18-12)17(5)9-7-8-16(3)4/h10-11,14H,6-9H2,1-5H3. The molecule has 1 unspecified atom stereocenters. The van der Waals surface area contributed by atoms with Gasteiger partial charge in [0.2, 0.25) is 0 Å². The summed E-state index contributed by atoms with van der Waals surface area (Å²) in [6.45, 7) is 7.49. The number of hydrogen-bond acceptors (Lipinski definition) is 5. The van der Waals surface area contributed by atoms with E-state index in [2.05, 4.69) is 55.1 Å². The normalized spacial score (nSPS) is 13.0. The maximum Gasteiger partial charge on any atom is 0.185 e. The molecule has 0 amide bonds. The highest BCUT2D eigenvalue weighted by Crippen LogP contribution is 2.26. The predicted octanol–water partition coefficient (Wildman–Crippen LogP) is 2.20. The van der Waals surface area contributed by atoms with Gasteiger partial charge in [-0.1, -0.05) is 6.92 Å². The van der Waals surface area contributed by atoms with Crippen LogP contribution in [-0.4, -0.2) is 50.7 Å². The van der Waals surface area contributed by atoms with Crippen LogP contribution in [0.3, 0.4) is 0 Å². The molecule has 18 heavy (non-hydrogen) atoms. The molecule has 1 aromatic heterocycles. The van der Waals surface area contributed by atoms with E-state index >= 15 is 0 Å². The van der Waals surface area contributed by atoms with Crippen molar-refractivity contribution in [2.24, 2.45) is 0 Å². The molecule has 0 radical (unpaired) electrons. The minimum Gasteiger partial charge on any atom is -0.351 e. The quantitative estimate of drug-likeness (QED) is 0.785. The molecule has 1 aromatic rings. The SMILES string of the molecule is CCNC(C)c1cnc(N(C)CCCN(C)C)s1. The molecule has 4 nitrogen and oxygen atoms in total. The van der Waals surface area contributed by atoms with E-state index in [1.165, 1.54) is 11.3 Å². The summed E-state index contributed by atoms with van der Waals surface area (Å²) in [6.07, 6.45) is 3.16. The highest BCUT2D eigenvalue weighted by atomic mass is 32.1. The zero-order valence-corrected chi connectivity index (χ0v) is 13.0. The third-order valence-corrected chi connectivity index (χ3v) is 4.17. The van der Waals surface area contributed by atoms with Crippen LogP contribution < -0.4 is 10.2 Å². The van der Waals surface area contributed by atoms with Gasteiger partial charge >= 0.3 is 0 Å². The second-order valence-corrected chi connectivity index (χ2v) is 5.94. The fourth-order valence-electron chi connectivity index (χ4n) is 1.78. The zero-order valence-electron chi connectivity index (χ0n) is 12.2. The number of thiazole rings is 1. The molecule has 0 saturated carbocycles. The molecule has 1 heterocycles. The Bertz CT molecular complexity index is 337. The number of nitrogens with one attached hydrogen (secondary N) is 1. The van der Waals surface area contributed by atoms with Crippen LogP contribution in [-0.2, 0) is 0 Å². The summed E-state index contributed by atoms with van der Waals surface area (Å²) in [5.74, 6) is 0. The van der Waals surface area contributed by atoms with Crippen molar-refractivity contribution in [2.45, 2.75) is 26.3 Å². The van der Waals surface area contributed by atoms with Crippen molar-refractivity contribution in [1.29, 1.82) is 0 Å². The lowest BCUT2D eigenvalue weighted by Crippen LogP contribution is -2.23. The van der Waals surface area contributed by atoms with Crippen molar-refractivity contribution in [2.75, 3.05) is 45.7 Å². The van der Waals surface area contributed by atoms with Crippen LogP contribution in [0.25, 0.3) is 0 Å². The van der Waals surface area contributed by atoms with Crippen LogP contribution in [0, 0.1) is 0 Å². The van der Waals surface area contributed by atoms with Gasteiger partial charge < -0.3 is 15.1 Å². The topological polar surface area (TPSA) is 31.4 Å². The van der Waals surface area contributed by atoms with Crippen LogP contribution in [0.1, 0.15) is 31.2 Å². The molecule has 0 fully saturated rings. The number of hydrogen-bond donors (Lipinski definition) is 1. The Labute approximate surface area is 115 Å². The number of nitrogens with zero attached hydrogens (tertiary/aromatic N) is 3. The summed E-state index contributed by atoms with van der Waals surface area (Å²) >= 11 is 1.79. The van der Waals surface area contributed by atoms with Crippen LogP contribution in [0.5, 0.6) is 0 Å². The minimum atomic E-state index is 0.399. The molecule has 1 atom stereocenters.